The molecule has 0 saturated carbocycles. The van der Waals surface area contributed by atoms with Gasteiger partial charge < -0.3 is 15.5 Å². The third kappa shape index (κ3) is 4.42. The molecule has 0 radical (unpaired) electrons. The molecule has 7 heteroatoms. The van der Waals surface area contributed by atoms with Gasteiger partial charge in [0.1, 0.15) is 0 Å². The van der Waals surface area contributed by atoms with E-state index < -0.39 is 4.92 Å². The number of nitrogens with zero attached hydrogens (tertiary/aromatic N) is 3. The molecule has 0 bridgehead atoms. The molecule has 0 aromatic heterocycles. The van der Waals surface area contributed by atoms with E-state index in [0.717, 1.165) is 38.0 Å². The molecular formula is C14H20N4O3. The topological polar surface area (TPSA) is 92.7 Å². The van der Waals surface area contributed by atoms with Crippen LogP contribution >= 0.6 is 0 Å². The van der Waals surface area contributed by atoms with Gasteiger partial charge in [-0.3, -0.25) is 10.1 Å². The van der Waals surface area contributed by atoms with Gasteiger partial charge in [0.25, 0.3) is 5.69 Å². The Morgan fingerprint density at radius 1 is 1.19 bits per heavy atom. The lowest BCUT2D eigenvalue weighted by Gasteiger charge is -2.20. The van der Waals surface area contributed by atoms with Crippen LogP contribution in [0.25, 0.3) is 0 Å². The maximum atomic E-state index is 11.2. The smallest absolute Gasteiger partial charge is 0.314 e. The van der Waals surface area contributed by atoms with Gasteiger partial charge in [0.2, 0.25) is 0 Å². The van der Waals surface area contributed by atoms with Crippen molar-refractivity contribution in [2.75, 3.05) is 32.7 Å². The van der Waals surface area contributed by atoms with Gasteiger partial charge in [-0.15, -0.1) is 0 Å². The highest BCUT2D eigenvalue weighted by molar-refractivity contribution is 5.71. The first-order valence-corrected chi connectivity index (χ1v) is 7.06. The molecule has 2 amide bonds. The molecule has 1 fully saturated rings. The minimum atomic E-state index is -0.392. The van der Waals surface area contributed by atoms with Gasteiger partial charge in [-0.05, 0) is 24.9 Å². The van der Waals surface area contributed by atoms with Gasteiger partial charge in [0.05, 0.1) is 4.92 Å². The first kappa shape index (κ1) is 15.2. The van der Waals surface area contributed by atoms with Crippen LogP contribution in [0, 0.1) is 10.1 Å². The monoisotopic (exact) mass is 292 g/mol. The Bertz CT molecular complexity index is 503. The maximum absolute atomic E-state index is 11.2. The molecule has 1 heterocycles. The molecule has 0 aliphatic carbocycles. The van der Waals surface area contributed by atoms with Gasteiger partial charge >= 0.3 is 6.03 Å². The van der Waals surface area contributed by atoms with Gasteiger partial charge in [-0.25, -0.2) is 4.79 Å². The third-order valence-corrected chi connectivity index (χ3v) is 3.76. The molecule has 0 spiro atoms. The molecule has 21 heavy (non-hydrogen) atoms. The van der Waals surface area contributed by atoms with Gasteiger partial charge in [-0.1, -0.05) is 12.1 Å². The fraction of sp³-hybridized carbons (Fsp3) is 0.500. The van der Waals surface area contributed by atoms with E-state index in [4.69, 9.17) is 5.73 Å². The molecule has 1 aliphatic heterocycles. The summed E-state index contributed by atoms with van der Waals surface area (Å²) in [5.74, 6) is 0. The van der Waals surface area contributed by atoms with Crippen LogP contribution in [0.5, 0.6) is 0 Å². The van der Waals surface area contributed by atoms with Gasteiger partial charge in [0.15, 0.2) is 0 Å². The van der Waals surface area contributed by atoms with E-state index in [9.17, 15) is 14.9 Å². The Hall–Kier alpha value is -2.15. The number of hydrogen-bond donors (Lipinski definition) is 1. The number of urea groups is 1. The molecule has 7 nitrogen and oxygen atoms in total. The lowest BCUT2D eigenvalue weighted by atomic mass is 10.1. The SMILES string of the molecule is NC(=O)N1CCCN(CCc2ccc([N+](=O)[O-])cc2)CC1. The lowest BCUT2D eigenvalue weighted by molar-refractivity contribution is -0.384. The second-order valence-electron chi connectivity index (χ2n) is 5.19. The minimum Gasteiger partial charge on any atom is -0.351 e. The van der Waals surface area contributed by atoms with Crippen LogP contribution in [0.1, 0.15) is 12.0 Å². The molecule has 1 aromatic carbocycles. The number of carbonyl (C=O) groups is 1. The summed E-state index contributed by atoms with van der Waals surface area (Å²) in [4.78, 5) is 25.3. The van der Waals surface area contributed by atoms with Crippen molar-refractivity contribution in [3.63, 3.8) is 0 Å². The summed E-state index contributed by atoms with van der Waals surface area (Å²) in [5, 5.41) is 10.6. The predicted octanol–water partition coefficient (Wildman–Crippen LogP) is 1.22. The number of amides is 2. The van der Waals surface area contributed by atoms with Crippen LogP contribution in [0.4, 0.5) is 10.5 Å². The summed E-state index contributed by atoms with van der Waals surface area (Å²) in [6.07, 6.45) is 1.76. The number of carbonyl (C=O) groups excluding carboxylic acids is 1. The standard InChI is InChI=1S/C14H20N4O3/c15-14(19)17-8-1-7-16(10-11-17)9-6-12-2-4-13(5-3-12)18(20)21/h2-5H,1,6-11H2,(H2,15,19). The quantitative estimate of drug-likeness (QED) is 0.667. The number of benzene rings is 1. The Labute approximate surface area is 123 Å². The predicted molar refractivity (Wildman–Crippen MR) is 79.0 cm³/mol. The summed E-state index contributed by atoms with van der Waals surface area (Å²) in [7, 11) is 0. The van der Waals surface area contributed by atoms with Crippen molar-refractivity contribution in [1.29, 1.82) is 0 Å². The summed E-state index contributed by atoms with van der Waals surface area (Å²) in [5.41, 5.74) is 6.50. The highest BCUT2D eigenvalue weighted by atomic mass is 16.6. The van der Waals surface area contributed by atoms with Gasteiger partial charge in [-0.2, -0.15) is 0 Å². The van der Waals surface area contributed by atoms with E-state index in [1.54, 1.807) is 17.0 Å². The van der Waals surface area contributed by atoms with Crippen LogP contribution in [0.15, 0.2) is 24.3 Å². The molecule has 0 atom stereocenters. The fourth-order valence-electron chi connectivity index (χ4n) is 2.49. The summed E-state index contributed by atoms with van der Waals surface area (Å²) >= 11 is 0. The van der Waals surface area contributed by atoms with E-state index in [1.807, 2.05) is 0 Å². The van der Waals surface area contributed by atoms with Crippen LogP contribution in [-0.2, 0) is 6.42 Å². The lowest BCUT2D eigenvalue weighted by Crippen LogP contribution is -2.38. The summed E-state index contributed by atoms with van der Waals surface area (Å²) < 4.78 is 0. The molecule has 1 aromatic rings. The molecule has 2 rings (SSSR count). The number of nitrogens with two attached hydrogens (primary N) is 1. The van der Waals surface area contributed by atoms with Crippen molar-refractivity contribution in [3.8, 4) is 0 Å². The van der Waals surface area contributed by atoms with Crippen LogP contribution in [-0.4, -0.2) is 53.5 Å². The van der Waals surface area contributed by atoms with Crippen molar-refractivity contribution < 1.29 is 9.72 Å². The molecule has 114 valence electrons. The van der Waals surface area contributed by atoms with E-state index in [-0.39, 0.29) is 11.7 Å². The normalized spacial score (nSPS) is 16.5. The summed E-state index contributed by atoms with van der Waals surface area (Å²) in [6, 6.07) is 6.31. The maximum Gasteiger partial charge on any atom is 0.314 e. The van der Waals surface area contributed by atoms with Crippen molar-refractivity contribution >= 4 is 11.7 Å². The number of nitro benzene ring substituents is 1. The molecular weight excluding hydrogens is 272 g/mol. The Balaban J connectivity index is 1.82. The van der Waals surface area contributed by atoms with Crippen LogP contribution in [0.3, 0.4) is 0 Å². The molecule has 0 unspecified atom stereocenters. The largest absolute Gasteiger partial charge is 0.351 e. The zero-order chi connectivity index (χ0) is 15.2. The highest BCUT2D eigenvalue weighted by Crippen LogP contribution is 2.13. The van der Waals surface area contributed by atoms with Crippen molar-refractivity contribution in [2.45, 2.75) is 12.8 Å². The van der Waals surface area contributed by atoms with E-state index >= 15 is 0 Å². The molecule has 1 aliphatic rings. The van der Waals surface area contributed by atoms with Crippen LogP contribution < -0.4 is 5.73 Å². The number of non-ortho nitro benzene ring substituents is 1. The number of hydrogen-bond acceptors (Lipinski definition) is 4. The average molecular weight is 292 g/mol. The zero-order valence-electron chi connectivity index (χ0n) is 11.9. The second-order valence-corrected chi connectivity index (χ2v) is 5.19. The second kappa shape index (κ2) is 7.03. The Morgan fingerprint density at radius 2 is 1.90 bits per heavy atom. The highest BCUT2D eigenvalue weighted by Gasteiger charge is 2.16. The number of primary amides is 1. The first-order chi connectivity index (χ1) is 10.1. The van der Waals surface area contributed by atoms with E-state index in [1.165, 1.54) is 12.1 Å². The van der Waals surface area contributed by atoms with E-state index in [2.05, 4.69) is 4.90 Å². The molecule has 1 saturated heterocycles. The van der Waals surface area contributed by atoms with E-state index in [0.29, 0.717) is 13.1 Å². The minimum absolute atomic E-state index is 0.116. The Kier molecular flexibility index (Phi) is 5.10. The zero-order valence-corrected chi connectivity index (χ0v) is 11.9. The molecule has 2 N–H and O–H groups in total. The first-order valence-electron chi connectivity index (χ1n) is 7.06. The van der Waals surface area contributed by atoms with Crippen molar-refractivity contribution in [1.82, 2.24) is 9.80 Å². The van der Waals surface area contributed by atoms with Gasteiger partial charge in [0, 0.05) is 38.3 Å². The average Bonchev–Trinajstić information content (AvgIpc) is 2.71. The van der Waals surface area contributed by atoms with Crippen LogP contribution in [0.2, 0.25) is 0 Å². The fourth-order valence-corrected chi connectivity index (χ4v) is 2.49. The Morgan fingerprint density at radius 3 is 2.52 bits per heavy atom. The van der Waals surface area contributed by atoms with Crippen molar-refractivity contribution in [3.05, 3.63) is 39.9 Å². The third-order valence-electron chi connectivity index (χ3n) is 3.76. The number of rotatable bonds is 4. The van der Waals surface area contributed by atoms with Crippen molar-refractivity contribution in [2.24, 2.45) is 5.73 Å². The summed E-state index contributed by atoms with van der Waals surface area (Å²) in [6.45, 7) is 4.01. The number of nitro groups is 1.